The molecule has 1 radical (unpaired) electrons. The zero-order chi connectivity index (χ0) is 21.8. The van der Waals surface area contributed by atoms with E-state index in [1.54, 1.807) is 13.8 Å². The van der Waals surface area contributed by atoms with Crippen molar-refractivity contribution < 1.29 is 35.1 Å². The summed E-state index contributed by atoms with van der Waals surface area (Å²) in [5, 5.41) is 19.4. The molecule has 1 aromatic heterocycles. The van der Waals surface area contributed by atoms with Gasteiger partial charge in [0.2, 0.25) is 0 Å². The van der Waals surface area contributed by atoms with Crippen molar-refractivity contribution in [1.29, 1.82) is 0 Å². The summed E-state index contributed by atoms with van der Waals surface area (Å²) in [7, 11) is 0. The zero-order valence-corrected chi connectivity index (χ0v) is 21.9. The van der Waals surface area contributed by atoms with Crippen LogP contribution in [-0.4, -0.2) is 42.4 Å². The van der Waals surface area contributed by atoms with Gasteiger partial charge in [0, 0.05) is 20.1 Å². The number of para-hydroxylation sites is 1. The quantitative estimate of drug-likeness (QED) is 0.228. The Bertz CT molecular complexity index is 1190. The standard InChI is InChI=1S/C21H12NOSe.C5H12O2.Ir/c1-2-7-15-14(6-1)12-13-22-20(15)16-8-5-11-19-21(16)23-17-9-3-4-10-18(17)24-19;1-4(6)3-5(2)7;/h1-7,9-13H;4-7H,3H2,1-2H3;/q-1;;. The predicted molar refractivity (Wildman–Crippen MR) is 126 cm³/mol. The van der Waals surface area contributed by atoms with Gasteiger partial charge in [0.25, 0.3) is 0 Å². The van der Waals surface area contributed by atoms with Gasteiger partial charge in [-0.3, -0.25) is 0 Å². The van der Waals surface area contributed by atoms with Crippen molar-refractivity contribution >= 4 is 34.7 Å². The van der Waals surface area contributed by atoms with E-state index in [1.807, 2.05) is 42.6 Å². The second-order valence-corrected chi connectivity index (χ2v) is 9.79. The van der Waals surface area contributed by atoms with Crippen molar-refractivity contribution in [2.75, 3.05) is 0 Å². The van der Waals surface area contributed by atoms with Gasteiger partial charge in [-0.2, -0.15) is 0 Å². The Morgan fingerprint density at radius 2 is 1.66 bits per heavy atom. The Kier molecular flexibility index (Phi) is 8.61. The first-order chi connectivity index (χ1) is 15.0. The summed E-state index contributed by atoms with van der Waals surface area (Å²) < 4.78 is 8.77. The van der Waals surface area contributed by atoms with E-state index in [1.165, 1.54) is 14.3 Å². The maximum absolute atomic E-state index is 8.56. The summed E-state index contributed by atoms with van der Waals surface area (Å²) in [6, 6.07) is 26.1. The summed E-state index contributed by atoms with van der Waals surface area (Å²) in [4.78, 5) is 4.64. The molecule has 2 N–H and O–H groups in total. The Labute approximate surface area is 208 Å². The van der Waals surface area contributed by atoms with Crippen LogP contribution in [0.5, 0.6) is 11.5 Å². The third-order valence-electron chi connectivity index (χ3n) is 4.79. The molecule has 0 aliphatic carbocycles. The number of aliphatic hydroxyl groups is 2. The molecule has 5 rings (SSSR count). The maximum atomic E-state index is 8.56. The Balaban J connectivity index is 0.000000318. The molecule has 1 aliphatic heterocycles. The fourth-order valence-corrected chi connectivity index (χ4v) is 5.51. The van der Waals surface area contributed by atoms with Crippen LogP contribution in [0.3, 0.4) is 0 Å². The van der Waals surface area contributed by atoms with E-state index in [0.717, 1.165) is 28.1 Å². The summed E-state index contributed by atoms with van der Waals surface area (Å²) in [6.07, 6.45) is 1.58. The van der Waals surface area contributed by atoms with E-state index in [-0.39, 0.29) is 47.3 Å². The number of rotatable bonds is 3. The van der Waals surface area contributed by atoms with Crippen LogP contribution in [0.4, 0.5) is 0 Å². The molecule has 0 saturated carbocycles. The van der Waals surface area contributed by atoms with Crippen LogP contribution < -0.4 is 13.7 Å². The molecule has 6 heteroatoms. The zero-order valence-electron chi connectivity index (χ0n) is 17.8. The molecule has 3 aromatic carbocycles. The molecular weight excluding hydrogens is 645 g/mol. The van der Waals surface area contributed by atoms with E-state index in [2.05, 4.69) is 41.4 Å². The average Bonchev–Trinajstić information content (AvgIpc) is 2.76. The number of ether oxygens (including phenoxy) is 1. The molecule has 2 unspecified atom stereocenters. The third kappa shape index (κ3) is 5.65. The van der Waals surface area contributed by atoms with Crippen LogP contribution in [0.2, 0.25) is 0 Å². The Hall–Kier alpha value is -2.04. The molecule has 167 valence electrons. The molecule has 0 bridgehead atoms. The summed E-state index contributed by atoms with van der Waals surface area (Å²) in [5.74, 6) is 1.85. The van der Waals surface area contributed by atoms with E-state index >= 15 is 0 Å². The molecule has 2 atom stereocenters. The number of hydrogen-bond donors (Lipinski definition) is 2. The van der Waals surface area contributed by atoms with Crippen LogP contribution in [0.15, 0.2) is 72.9 Å². The minimum atomic E-state index is -0.375. The number of fused-ring (bicyclic) bond motifs is 3. The van der Waals surface area contributed by atoms with E-state index in [4.69, 9.17) is 14.9 Å². The van der Waals surface area contributed by atoms with Crippen molar-refractivity contribution in [2.24, 2.45) is 0 Å². The van der Waals surface area contributed by atoms with Crippen molar-refractivity contribution in [3.8, 4) is 22.8 Å². The predicted octanol–water partition coefficient (Wildman–Crippen LogP) is 3.60. The van der Waals surface area contributed by atoms with Crippen molar-refractivity contribution in [3.05, 3.63) is 79.0 Å². The van der Waals surface area contributed by atoms with Crippen molar-refractivity contribution in [1.82, 2.24) is 4.98 Å². The molecule has 0 saturated heterocycles. The monoisotopic (exact) mass is 671 g/mol. The fraction of sp³-hybridized carbons (Fsp3) is 0.192. The summed E-state index contributed by atoms with van der Waals surface area (Å²) >= 11 is 0.235. The molecule has 32 heavy (non-hydrogen) atoms. The number of aromatic nitrogens is 1. The van der Waals surface area contributed by atoms with Crippen LogP contribution in [0.1, 0.15) is 20.3 Å². The summed E-state index contributed by atoms with van der Waals surface area (Å²) in [5.41, 5.74) is 1.88. The van der Waals surface area contributed by atoms with Gasteiger partial charge < -0.3 is 10.2 Å². The number of benzene rings is 3. The molecule has 4 nitrogen and oxygen atoms in total. The molecule has 4 aromatic rings. The second-order valence-electron chi connectivity index (χ2n) is 7.51. The molecule has 0 amide bonds. The third-order valence-corrected chi connectivity index (χ3v) is 7.09. The van der Waals surface area contributed by atoms with Crippen molar-refractivity contribution in [2.45, 2.75) is 32.5 Å². The van der Waals surface area contributed by atoms with Crippen LogP contribution in [0.25, 0.3) is 22.0 Å². The number of pyridine rings is 1. The molecule has 1 aliphatic rings. The van der Waals surface area contributed by atoms with Gasteiger partial charge in [0.15, 0.2) is 0 Å². The Morgan fingerprint density at radius 1 is 0.938 bits per heavy atom. The molecule has 2 heterocycles. The SMILES string of the molecule is CC(O)CC(C)O.[Ir].[c-]1ccc2c(c1-c1nccc3ccccc13)Oc1ccccc1[Se]2. The van der Waals surface area contributed by atoms with Crippen LogP contribution in [-0.2, 0) is 20.1 Å². The Morgan fingerprint density at radius 3 is 2.41 bits per heavy atom. The number of hydrogen-bond acceptors (Lipinski definition) is 4. The molecule has 0 fully saturated rings. The second kappa shape index (κ2) is 11.2. The fourth-order valence-electron chi connectivity index (χ4n) is 3.48. The average molecular weight is 670 g/mol. The first-order valence-corrected chi connectivity index (χ1v) is 11.9. The molecule has 0 spiro atoms. The van der Waals surface area contributed by atoms with Gasteiger partial charge in [-0.1, -0.05) is 0 Å². The van der Waals surface area contributed by atoms with E-state index in [0.29, 0.717) is 6.42 Å². The number of nitrogens with zero attached hydrogens (tertiary/aromatic N) is 1. The molecular formula is C26H24IrNO3Se-. The van der Waals surface area contributed by atoms with Gasteiger partial charge >= 0.3 is 146 Å². The first kappa shape index (κ1) is 24.6. The first-order valence-electron chi connectivity index (χ1n) is 10.2. The van der Waals surface area contributed by atoms with E-state index < -0.39 is 0 Å². The van der Waals surface area contributed by atoms with Gasteiger partial charge in [-0.15, -0.1) is 0 Å². The van der Waals surface area contributed by atoms with Crippen LogP contribution in [0, 0.1) is 6.07 Å². The van der Waals surface area contributed by atoms with Gasteiger partial charge in [-0.25, -0.2) is 0 Å². The van der Waals surface area contributed by atoms with Crippen molar-refractivity contribution in [3.63, 3.8) is 0 Å². The van der Waals surface area contributed by atoms with Crippen LogP contribution >= 0.6 is 0 Å². The van der Waals surface area contributed by atoms with E-state index in [9.17, 15) is 0 Å². The minimum absolute atomic E-state index is 0. The number of aliphatic hydroxyl groups excluding tert-OH is 2. The normalized spacial score (nSPS) is 13.4. The van der Waals surface area contributed by atoms with Gasteiger partial charge in [0.1, 0.15) is 0 Å². The summed E-state index contributed by atoms with van der Waals surface area (Å²) in [6.45, 7) is 3.32. The topological polar surface area (TPSA) is 62.6 Å². The van der Waals surface area contributed by atoms with Gasteiger partial charge in [0.05, 0.1) is 12.2 Å². The van der Waals surface area contributed by atoms with Gasteiger partial charge in [-0.05, 0) is 20.3 Å².